The number of thiol groups is 1. The van der Waals surface area contributed by atoms with E-state index < -0.39 is 0 Å². The molecule has 0 bridgehead atoms. The molecule has 0 heterocycles. The quantitative estimate of drug-likeness (QED) is 0.454. The lowest BCUT2D eigenvalue weighted by molar-refractivity contribution is 0.614. The molecule has 0 spiro atoms. The molecule has 0 saturated carbocycles. The van der Waals surface area contributed by atoms with Crippen molar-refractivity contribution in [2.75, 3.05) is 5.54 Å². The summed E-state index contributed by atoms with van der Waals surface area (Å²) in [7, 11) is 0. The number of hydrogen-bond donors (Lipinski definition) is 2. The summed E-state index contributed by atoms with van der Waals surface area (Å²) >= 11 is 3.98. The van der Waals surface area contributed by atoms with Gasteiger partial charge in [0.2, 0.25) is 0 Å². The van der Waals surface area contributed by atoms with Gasteiger partial charge in [-0.1, -0.05) is 12.1 Å². The number of anilines is 1. The van der Waals surface area contributed by atoms with Crippen molar-refractivity contribution in [3.8, 4) is 0 Å². The summed E-state index contributed by atoms with van der Waals surface area (Å²) in [4.78, 5) is 0.611. The minimum Gasteiger partial charge on any atom is -0.223 e. The van der Waals surface area contributed by atoms with Gasteiger partial charge < -0.3 is 0 Å². The summed E-state index contributed by atoms with van der Waals surface area (Å²) in [6, 6.07) is 6.86. The largest absolute Gasteiger partial charge is 0.223 e. The maximum absolute atomic E-state index is 11.7. The van der Waals surface area contributed by atoms with Crippen LogP contribution in [0.1, 0.15) is 0 Å². The summed E-state index contributed by atoms with van der Waals surface area (Å²) in [5.74, 6) is 0. The van der Waals surface area contributed by atoms with Crippen LogP contribution in [0.3, 0.4) is 0 Å². The van der Waals surface area contributed by atoms with Crippen LogP contribution >= 0.6 is 12.6 Å². The van der Waals surface area contributed by atoms with Crippen molar-refractivity contribution >= 4 is 18.3 Å². The molecule has 1 nitrogen and oxygen atoms in total. The van der Waals surface area contributed by atoms with E-state index >= 15 is 0 Å². The van der Waals surface area contributed by atoms with Crippen LogP contribution < -0.4 is 5.54 Å². The molecule has 0 unspecified atom stereocenters. The second-order valence-electron chi connectivity index (χ2n) is 1.61. The fourth-order valence-electron chi connectivity index (χ4n) is 0.554. The van der Waals surface area contributed by atoms with Gasteiger partial charge >= 0.3 is 0 Å². The Kier molecular flexibility index (Phi) is 1.95. The molecule has 0 aliphatic rings. The number of rotatable bonds is 1. The molecule has 0 aliphatic heterocycles. The minimum absolute atomic E-state index is 0.404. The van der Waals surface area contributed by atoms with E-state index in [1.165, 1.54) is 5.54 Å². The summed E-state index contributed by atoms with van der Waals surface area (Å²) in [6.45, 7) is 0. The first-order valence-corrected chi connectivity index (χ1v) is 2.94. The van der Waals surface area contributed by atoms with Crippen LogP contribution in [0.25, 0.3) is 0 Å². The first-order chi connectivity index (χ1) is 4.34. The molecular weight excluding hydrogens is 137 g/mol. The zero-order chi connectivity index (χ0) is 6.69. The van der Waals surface area contributed by atoms with Crippen molar-refractivity contribution in [2.45, 2.75) is 4.90 Å². The fourth-order valence-corrected chi connectivity index (χ4v) is 0.756. The Bertz CT molecular complexity index is 202. The Morgan fingerprint density at radius 1 is 1.33 bits per heavy atom. The lowest BCUT2D eigenvalue weighted by Gasteiger charge is -1.96. The maximum atomic E-state index is 11.7. The zero-order valence-electron chi connectivity index (χ0n) is 4.63. The number of nitrogens with one attached hydrogen (secondary N) is 1. The third-order valence-electron chi connectivity index (χ3n) is 1.01. The third-order valence-corrected chi connectivity index (χ3v) is 1.40. The highest BCUT2D eigenvalue weighted by Gasteiger charge is 1.91. The van der Waals surface area contributed by atoms with Gasteiger partial charge in [-0.15, -0.1) is 17.1 Å². The summed E-state index contributed by atoms with van der Waals surface area (Å²) in [5.41, 5.74) is 1.92. The molecule has 0 saturated heterocycles. The topological polar surface area (TPSA) is 12.0 Å². The van der Waals surface area contributed by atoms with E-state index in [1.807, 2.05) is 0 Å². The van der Waals surface area contributed by atoms with Crippen molar-refractivity contribution in [1.29, 1.82) is 0 Å². The third kappa shape index (κ3) is 1.36. The minimum atomic E-state index is 0.404. The van der Waals surface area contributed by atoms with Crippen molar-refractivity contribution in [1.82, 2.24) is 0 Å². The molecule has 3 heteroatoms. The van der Waals surface area contributed by atoms with Crippen molar-refractivity contribution in [3.05, 3.63) is 24.3 Å². The predicted octanol–water partition coefficient (Wildman–Crippen LogP) is 2.27. The van der Waals surface area contributed by atoms with Gasteiger partial charge in [0, 0.05) is 4.90 Å². The lowest BCUT2D eigenvalue weighted by atomic mass is 10.3. The molecule has 1 aromatic rings. The molecular formula is C6H6FNS. The van der Waals surface area contributed by atoms with E-state index in [4.69, 9.17) is 0 Å². The number of halogens is 1. The van der Waals surface area contributed by atoms with Gasteiger partial charge in [-0.3, -0.25) is 0 Å². The normalized spacial score (nSPS) is 9.11. The predicted molar refractivity (Wildman–Crippen MR) is 38.4 cm³/mol. The average molecular weight is 143 g/mol. The standard InChI is InChI=1S/C6H6FNS/c7-8-5-3-1-2-4-6(5)9/h1-4,8-9H. The number of para-hydroxylation sites is 1. The Morgan fingerprint density at radius 2 is 2.00 bits per heavy atom. The number of hydrogen-bond acceptors (Lipinski definition) is 2. The molecule has 0 aliphatic carbocycles. The van der Waals surface area contributed by atoms with Crippen LogP contribution in [0, 0.1) is 0 Å². The highest BCUT2D eigenvalue weighted by Crippen LogP contribution is 2.17. The van der Waals surface area contributed by atoms with Gasteiger partial charge in [0.25, 0.3) is 0 Å². The van der Waals surface area contributed by atoms with Crippen LogP contribution in [0.2, 0.25) is 0 Å². The van der Waals surface area contributed by atoms with Crippen LogP contribution in [-0.4, -0.2) is 0 Å². The van der Waals surface area contributed by atoms with Crippen molar-refractivity contribution < 1.29 is 4.48 Å². The van der Waals surface area contributed by atoms with E-state index in [9.17, 15) is 4.48 Å². The van der Waals surface area contributed by atoms with Gasteiger partial charge in [0.1, 0.15) is 0 Å². The highest BCUT2D eigenvalue weighted by molar-refractivity contribution is 7.80. The maximum Gasteiger partial charge on any atom is 0.0788 e. The van der Waals surface area contributed by atoms with E-state index in [0.29, 0.717) is 10.6 Å². The molecule has 48 valence electrons. The Labute approximate surface area is 58.2 Å². The monoisotopic (exact) mass is 143 g/mol. The van der Waals surface area contributed by atoms with E-state index in [0.717, 1.165) is 0 Å². The molecule has 9 heavy (non-hydrogen) atoms. The second-order valence-corrected chi connectivity index (χ2v) is 2.09. The van der Waals surface area contributed by atoms with E-state index in [1.54, 1.807) is 24.3 Å². The molecule has 1 N–H and O–H groups in total. The van der Waals surface area contributed by atoms with E-state index in [-0.39, 0.29) is 0 Å². The lowest BCUT2D eigenvalue weighted by Crippen LogP contribution is -1.81. The van der Waals surface area contributed by atoms with Crippen LogP contribution in [0.15, 0.2) is 29.2 Å². The molecule has 0 fully saturated rings. The van der Waals surface area contributed by atoms with Gasteiger partial charge in [-0.05, 0) is 12.1 Å². The van der Waals surface area contributed by atoms with Crippen LogP contribution in [0.5, 0.6) is 0 Å². The van der Waals surface area contributed by atoms with Gasteiger partial charge in [-0.25, -0.2) is 5.54 Å². The average Bonchev–Trinajstić information content (AvgIpc) is 1.89. The summed E-state index contributed by atoms with van der Waals surface area (Å²) in [5, 5.41) is 0. The molecule has 0 amide bonds. The molecule has 1 aromatic carbocycles. The molecule has 0 atom stereocenters. The summed E-state index contributed by atoms with van der Waals surface area (Å²) in [6.07, 6.45) is 0. The smallest absolute Gasteiger partial charge is 0.0788 e. The van der Waals surface area contributed by atoms with Gasteiger partial charge in [0.15, 0.2) is 0 Å². The molecule has 0 aromatic heterocycles. The molecule has 1 rings (SSSR count). The van der Waals surface area contributed by atoms with Crippen LogP contribution in [-0.2, 0) is 0 Å². The first kappa shape index (κ1) is 6.42. The van der Waals surface area contributed by atoms with Gasteiger partial charge in [0.05, 0.1) is 5.69 Å². The fraction of sp³-hybridized carbons (Fsp3) is 0. The molecule has 0 radical (unpaired) electrons. The highest BCUT2D eigenvalue weighted by atomic mass is 32.1. The Morgan fingerprint density at radius 3 is 2.44 bits per heavy atom. The Hall–Kier alpha value is -0.700. The first-order valence-electron chi connectivity index (χ1n) is 2.49. The van der Waals surface area contributed by atoms with Crippen molar-refractivity contribution in [2.24, 2.45) is 0 Å². The SMILES string of the molecule is FNc1ccccc1S. The second kappa shape index (κ2) is 2.73. The van der Waals surface area contributed by atoms with Gasteiger partial charge in [-0.2, -0.15) is 0 Å². The van der Waals surface area contributed by atoms with E-state index in [2.05, 4.69) is 12.6 Å². The Balaban J connectivity index is 3.01. The number of benzene rings is 1. The van der Waals surface area contributed by atoms with Crippen LogP contribution in [0.4, 0.5) is 10.2 Å². The summed E-state index contributed by atoms with van der Waals surface area (Å²) < 4.78 is 11.7. The zero-order valence-corrected chi connectivity index (χ0v) is 5.53. The van der Waals surface area contributed by atoms with Crippen molar-refractivity contribution in [3.63, 3.8) is 0 Å².